The lowest BCUT2D eigenvalue weighted by Gasteiger charge is -2.33. The molecule has 0 bridgehead atoms. The minimum atomic E-state index is -0.399. The molecule has 0 spiro atoms. The molecule has 1 aliphatic heterocycles. The van der Waals surface area contributed by atoms with E-state index in [1.807, 2.05) is 4.90 Å². The highest BCUT2D eigenvalue weighted by Gasteiger charge is 2.26. The Balaban J connectivity index is 1.67. The molecule has 1 aromatic carbocycles. The zero-order valence-electron chi connectivity index (χ0n) is 14.7. The Bertz CT molecular complexity index is 942. The second-order valence-electron chi connectivity index (χ2n) is 6.50. The number of nitrogens with zero attached hydrogens (tertiary/aromatic N) is 3. The molecule has 2 aromatic rings. The molecule has 0 unspecified atom stereocenters. The van der Waals surface area contributed by atoms with E-state index in [0.29, 0.717) is 37.4 Å². The number of piperidine rings is 1. The van der Waals surface area contributed by atoms with E-state index < -0.39 is 5.82 Å². The van der Waals surface area contributed by atoms with Crippen LogP contribution in [0.1, 0.15) is 12.8 Å². The Hall–Kier alpha value is -2.90. The summed E-state index contributed by atoms with van der Waals surface area (Å²) in [5, 5.41) is 2.74. The molecule has 1 N–H and O–H groups in total. The highest BCUT2D eigenvalue weighted by atomic mass is 19.1. The molecule has 2 heterocycles. The van der Waals surface area contributed by atoms with Crippen LogP contribution in [0.3, 0.4) is 0 Å². The smallest absolute Gasteiger partial charge is 0.332 e. The average molecular weight is 360 g/mol. The maximum atomic E-state index is 13.2. The van der Waals surface area contributed by atoms with Gasteiger partial charge >= 0.3 is 5.69 Å². The van der Waals surface area contributed by atoms with Gasteiger partial charge in [-0.2, -0.15) is 0 Å². The first-order valence-corrected chi connectivity index (χ1v) is 8.45. The lowest BCUT2D eigenvalue weighted by molar-refractivity contribution is -0.120. The van der Waals surface area contributed by atoms with Crippen molar-refractivity contribution in [1.29, 1.82) is 0 Å². The van der Waals surface area contributed by atoms with Gasteiger partial charge in [0.15, 0.2) is 0 Å². The third-order valence-electron chi connectivity index (χ3n) is 4.78. The number of aromatic nitrogens is 2. The monoisotopic (exact) mass is 360 g/mol. The van der Waals surface area contributed by atoms with Gasteiger partial charge in [-0.1, -0.05) is 6.07 Å². The molecule has 0 saturated carbocycles. The number of hydrogen-bond donors (Lipinski definition) is 1. The first-order valence-electron chi connectivity index (χ1n) is 8.45. The van der Waals surface area contributed by atoms with Gasteiger partial charge in [0.25, 0.3) is 5.56 Å². The number of amides is 1. The molecule has 1 fully saturated rings. The van der Waals surface area contributed by atoms with Crippen LogP contribution in [0.5, 0.6) is 0 Å². The summed E-state index contributed by atoms with van der Waals surface area (Å²) in [4.78, 5) is 38.3. The number of benzene rings is 1. The van der Waals surface area contributed by atoms with E-state index in [-0.39, 0.29) is 23.1 Å². The van der Waals surface area contributed by atoms with E-state index in [0.717, 1.165) is 4.57 Å². The van der Waals surface area contributed by atoms with E-state index in [9.17, 15) is 18.8 Å². The van der Waals surface area contributed by atoms with E-state index in [1.165, 1.54) is 29.8 Å². The van der Waals surface area contributed by atoms with Crippen LogP contribution in [-0.2, 0) is 18.9 Å². The number of halogens is 1. The van der Waals surface area contributed by atoms with Crippen LogP contribution in [0.15, 0.2) is 39.9 Å². The fraction of sp³-hybridized carbons (Fsp3) is 0.389. The normalized spacial score (nSPS) is 15.1. The van der Waals surface area contributed by atoms with Gasteiger partial charge in [-0.15, -0.1) is 0 Å². The Labute approximate surface area is 149 Å². The van der Waals surface area contributed by atoms with Gasteiger partial charge in [0.1, 0.15) is 11.6 Å². The largest absolute Gasteiger partial charge is 0.358 e. The summed E-state index contributed by atoms with van der Waals surface area (Å²) >= 11 is 0. The maximum absolute atomic E-state index is 13.2. The first kappa shape index (κ1) is 17.9. The van der Waals surface area contributed by atoms with Gasteiger partial charge < -0.3 is 10.2 Å². The molecule has 0 aliphatic carbocycles. The molecular weight excluding hydrogens is 339 g/mol. The van der Waals surface area contributed by atoms with Crippen molar-refractivity contribution in [1.82, 2.24) is 9.13 Å². The van der Waals surface area contributed by atoms with E-state index in [1.54, 1.807) is 19.2 Å². The fourth-order valence-corrected chi connectivity index (χ4v) is 3.21. The number of carbonyl (C=O) groups excluding carboxylic acids is 1. The molecular formula is C18H21FN4O3. The quantitative estimate of drug-likeness (QED) is 0.889. The van der Waals surface area contributed by atoms with Gasteiger partial charge in [0, 0.05) is 44.9 Å². The summed E-state index contributed by atoms with van der Waals surface area (Å²) in [6.45, 7) is 1.11. The van der Waals surface area contributed by atoms with Gasteiger partial charge in [-0.25, -0.2) is 9.18 Å². The Morgan fingerprint density at radius 3 is 2.46 bits per heavy atom. The topological polar surface area (TPSA) is 76.3 Å². The van der Waals surface area contributed by atoms with E-state index >= 15 is 0 Å². The van der Waals surface area contributed by atoms with Crippen molar-refractivity contribution in [3.63, 3.8) is 0 Å². The minimum Gasteiger partial charge on any atom is -0.358 e. The molecule has 1 aromatic heterocycles. The van der Waals surface area contributed by atoms with E-state index in [2.05, 4.69) is 5.32 Å². The maximum Gasteiger partial charge on any atom is 0.332 e. The van der Waals surface area contributed by atoms with Crippen molar-refractivity contribution in [2.24, 2.45) is 20.0 Å². The molecule has 0 radical (unpaired) electrons. The summed E-state index contributed by atoms with van der Waals surface area (Å²) in [7, 11) is 3.07. The summed E-state index contributed by atoms with van der Waals surface area (Å²) in [6.07, 6.45) is 1.18. The average Bonchev–Trinajstić information content (AvgIpc) is 2.63. The van der Waals surface area contributed by atoms with Crippen LogP contribution < -0.4 is 21.5 Å². The molecule has 0 atom stereocenters. The molecule has 1 aliphatic rings. The van der Waals surface area contributed by atoms with Crippen LogP contribution in [0.4, 0.5) is 15.9 Å². The molecule has 3 rings (SSSR count). The van der Waals surface area contributed by atoms with Crippen molar-refractivity contribution < 1.29 is 9.18 Å². The zero-order chi connectivity index (χ0) is 18.8. The Kier molecular flexibility index (Phi) is 4.92. The third-order valence-corrected chi connectivity index (χ3v) is 4.78. The standard InChI is InChI=1S/C18H21FN4O3/c1-21-15(11-16(24)22(2)18(21)26)23-8-6-12(7-9-23)17(25)20-14-5-3-4-13(19)10-14/h3-5,10-12H,6-9H2,1-2H3,(H,20,25). The van der Waals surface area contributed by atoms with Crippen LogP contribution >= 0.6 is 0 Å². The second kappa shape index (κ2) is 7.15. The van der Waals surface area contributed by atoms with Crippen LogP contribution in [0, 0.1) is 11.7 Å². The molecule has 1 amide bonds. The van der Waals surface area contributed by atoms with Crippen molar-refractivity contribution in [2.45, 2.75) is 12.8 Å². The Morgan fingerprint density at radius 1 is 1.12 bits per heavy atom. The van der Waals surface area contributed by atoms with Crippen molar-refractivity contribution >= 4 is 17.4 Å². The molecule has 26 heavy (non-hydrogen) atoms. The number of hydrogen-bond acceptors (Lipinski definition) is 4. The summed E-state index contributed by atoms with van der Waals surface area (Å²) in [5.74, 6) is -0.183. The predicted molar refractivity (Wildman–Crippen MR) is 96.9 cm³/mol. The lowest BCUT2D eigenvalue weighted by Crippen LogP contribution is -2.44. The van der Waals surface area contributed by atoms with Crippen LogP contribution in [0.25, 0.3) is 0 Å². The molecule has 8 heteroatoms. The lowest BCUT2D eigenvalue weighted by atomic mass is 9.95. The fourth-order valence-electron chi connectivity index (χ4n) is 3.21. The number of nitrogens with one attached hydrogen (secondary N) is 1. The van der Waals surface area contributed by atoms with Crippen LogP contribution in [-0.4, -0.2) is 28.1 Å². The van der Waals surface area contributed by atoms with Gasteiger partial charge in [0.05, 0.1) is 0 Å². The molecule has 1 saturated heterocycles. The van der Waals surface area contributed by atoms with Crippen molar-refractivity contribution in [2.75, 3.05) is 23.3 Å². The Morgan fingerprint density at radius 2 is 1.81 bits per heavy atom. The minimum absolute atomic E-state index is 0.145. The predicted octanol–water partition coefficient (Wildman–Crippen LogP) is 1.08. The van der Waals surface area contributed by atoms with Gasteiger partial charge in [0.2, 0.25) is 5.91 Å². The first-order chi connectivity index (χ1) is 12.4. The van der Waals surface area contributed by atoms with Gasteiger partial charge in [-0.3, -0.25) is 18.7 Å². The summed E-state index contributed by atoms with van der Waals surface area (Å²) < 4.78 is 15.7. The third kappa shape index (κ3) is 3.54. The van der Waals surface area contributed by atoms with Crippen molar-refractivity contribution in [3.8, 4) is 0 Å². The molecule has 7 nitrogen and oxygen atoms in total. The number of anilines is 2. The second-order valence-corrected chi connectivity index (χ2v) is 6.50. The SMILES string of the molecule is Cn1c(N2CCC(C(=O)Nc3cccc(F)c3)CC2)cc(=O)n(C)c1=O. The zero-order valence-corrected chi connectivity index (χ0v) is 14.7. The number of carbonyl (C=O) groups is 1. The van der Waals surface area contributed by atoms with Crippen LogP contribution in [0.2, 0.25) is 0 Å². The van der Waals surface area contributed by atoms with E-state index in [4.69, 9.17) is 0 Å². The highest BCUT2D eigenvalue weighted by Crippen LogP contribution is 2.23. The highest BCUT2D eigenvalue weighted by molar-refractivity contribution is 5.92. The summed E-state index contributed by atoms with van der Waals surface area (Å²) in [6, 6.07) is 7.23. The van der Waals surface area contributed by atoms with Gasteiger partial charge in [-0.05, 0) is 31.0 Å². The number of rotatable bonds is 3. The molecule has 138 valence electrons. The van der Waals surface area contributed by atoms with Crippen molar-refractivity contribution in [3.05, 3.63) is 57.0 Å². The summed E-state index contributed by atoms with van der Waals surface area (Å²) in [5.41, 5.74) is -0.293.